The lowest BCUT2D eigenvalue weighted by Crippen LogP contribution is -2.25. The van der Waals surface area contributed by atoms with Crippen molar-refractivity contribution < 1.29 is 28.1 Å². The summed E-state index contributed by atoms with van der Waals surface area (Å²) < 4.78 is 50.0. The summed E-state index contributed by atoms with van der Waals surface area (Å²) in [5, 5.41) is 19.6. The molecular weight excluding hydrogens is 453 g/mol. The lowest BCUT2D eigenvalue weighted by atomic mass is 9.75. The number of halogens is 3. The van der Waals surface area contributed by atoms with Crippen LogP contribution in [0.25, 0.3) is 0 Å². The van der Waals surface area contributed by atoms with Gasteiger partial charge in [0.05, 0.1) is 18.8 Å². The van der Waals surface area contributed by atoms with E-state index < -0.39 is 17.5 Å². The van der Waals surface area contributed by atoms with E-state index in [2.05, 4.69) is 6.92 Å². The van der Waals surface area contributed by atoms with Crippen molar-refractivity contribution in [3.05, 3.63) is 64.5 Å². The van der Waals surface area contributed by atoms with Crippen LogP contribution in [0, 0.1) is 23.4 Å². The molecule has 2 N–H and O–H groups in total. The van der Waals surface area contributed by atoms with Gasteiger partial charge < -0.3 is 14.9 Å². The van der Waals surface area contributed by atoms with Crippen LogP contribution >= 0.6 is 0 Å². The molecule has 2 aromatic carbocycles. The minimum atomic E-state index is -0.717. The number of rotatable bonds is 8. The Morgan fingerprint density at radius 3 is 1.97 bits per heavy atom. The Morgan fingerprint density at radius 1 is 0.857 bits per heavy atom. The molecular formula is C29H37F3O3. The van der Waals surface area contributed by atoms with Crippen LogP contribution in [-0.2, 0) is 11.3 Å². The van der Waals surface area contributed by atoms with Gasteiger partial charge in [0.25, 0.3) is 0 Å². The van der Waals surface area contributed by atoms with Crippen LogP contribution < -0.4 is 0 Å². The summed E-state index contributed by atoms with van der Waals surface area (Å²) in [6, 6.07) is 7.55. The SMILES string of the molecule is CCCC(O)C1CCC(c2ccc(C3CCC(OCc4ccc(O)cc4F)CC3)c(F)c2F)CC1. The average molecular weight is 491 g/mol. The standard InChI is InChI=1S/C29H37F3O3/c1-2-3-27(34)20-6-4-18(5-7-20)24-14-15-25(29(32)28(24)31)19-9-12-23(13-10-19)35-17-21-8-11-22(33)16-26(21)30/h8,11,14-16,18-20,23,27,33-34H,2-7,9-10,12-13,17H2,1H3. The maximum atomic E-state index is 15.1. The van der Waals surface area contributed by atoms with Gasteiger partial charge in [0.1, 0.15) is 11.6 Å². The molecule has 0 bridgehead atoms. The van der Waals surface area contributed by atoms with Gasteiger partial charge in [0.15, 0.2) is 11.6 Å². The van der Waals surface area contributed by atoms with E-state index >= 15 is 8.78 Å². The summed E-state index contributed by atoms with van der Waals surface area (Å²) >= 11 is 0. The van der Waals surface area contributed by atoms with Crippen molar-refractivity contribution in [1.82, 2.24) is 0 Å². The first-order valence-electron chi connectivity index (χ1n) is 13.1. The van der Waals surface area contributed by atoms with E-state index in [-0.39, 0.29) is 42.3 Å². The molecule has 0 saturated heterocycles. The van der Waals surface area contributed by atoms with Crippen LogP contribution in [0.15, 0.2) is 30.3 Å². The van der Waals surface area contributed by atoms with E-state index in [1.165, 1.54) is 12.1 Å². The number of hydrogen-bond acceptors (Lipinski definition) is 3. The highest BCUT2D eigenvalue weighted by Gasteiger charge is 2.31. The Kier molecular flexibility index (Phi) is 8.77. The van der Waals surface area contributed by atoms with Gasteiger partial charge in [-0.05, 0) is 92.7 Å². The molecule has 2 saturated carbocycles. The molecule has 0 aromatic heterocycles. The molecule has 0 spiro atoms. The number of aliphatic hydroxyl groups is 1. The molecule has 35 heavy (non-hydrogen) atoms. The Hall–Kier alpha value is -2.05. The largest absolute Gasteiger partial charge is 0.508 e. The quantitative estimate of drug-likeness (QED) is 0.403. The molecule has 3 nitrogen and oxygen atoms in total. The molecule has 6 heteroatoms. The zero-order valence-corrected chi connectivity index (χ0v) is 20.5. The number of phenolic OH excluding ortho intramolecular Hbond substituents is 1. The van der Waals surface area contributed by atoms with E-state index in [1.807, 2.05) is 0 Å². The van der Waals surface area contributed by atoms with Crippen molar-refractivity contribution >= 4 is 0 Å². The second-order valence-electron chi connectivity index (χ2n) is 10.4. The highest BCUT2D eigenvalue weighted by atomic mass is 19.2. The summed E-state index contributed by atoms with van der Waals surface area (Å²) in [6.07, 6.45) is 7.48. The van der Waals surface area contributed by atoms with Gasteiger partial charge in [-0.25, -0.2) is 13.2 Å². The topological polar surface area (TPSA) is 49.7 Å². The predicted molar refractivity (Wildman–Crippen MR) is 130 cm³/mol. The molecule has 2 fully saturated rings. The van der Waals surface area contributed by atoms with Gasteiger partial charge in [-0.2, -0.15) is 0 Å². The second kappa shape index (κ2) is 11.8. The lowest BCUT2D eigenvalue weighted by Gasteiger charge is -2.32. The van der Waals surface area contributed by atoms with E-state index in [1.54, 1.807) is 12.1 Å². The maximum Gasteiger partial charge on any atom is 0.162 e. The van der Waals surface area contributed by atoms with Crippen molar-refractivity contribution in [2.45, 2.75) is 102 Å². The van der Waals surface area contributed by atoms with Crippen molar-refractivity contribution in [2.75, 3.05) is 0 Å². The fourth-order valence-electron chi connectivity index (χ4n) is 5.96. The van der Waals surface area contributed by atoms with Crippen LogP contribution in [-0.4, -0.2) is 22.4 Å². The first kappa shape index (κ1) is 26.0. The molecule has 0 aliphatic heterocycles. The van der Waals surface area contributed by atoms with E-state index in [0.29, 0.717) is 42.4 Å². The highest BCUT2D eigenvalue weighted by molar-refractivity contribution is 5.32. The fraction of sp³-hybridized carbons (Fsp3) is 0.586. The number of benzene rings is 2. The van der Waals surface area contributed by atoms with Crippen LogP contribution in [0.5, 0.6) is 5.75 Å². The zero-order chi connectivity index (χ0) is 24.9. The summed E-state index contributed by atoms with van der Waals surface area (Å²) in [6.45, 7) is 2.18. The first-order chi connectivity index (χ1) is 16.9. The Labute approximate surface area is 206 Å². The van der Waals surface area contributed by atoms with Crippen molar-refractivity contribution in [3.8, 4) is 5.75 Å². The highest BCUT2D eigenvalue weighted by Crippen LogP contribution is 2.42. The molecule has 192 valence electrons. The van der Waals surface area contributed by atoms with Crippen LogP contribution in [0.3, 0.4) is 0 Å². The molecule has 2 aliphatic rings. The summed E-state index contributed by atoms with van der Waals surface area (Å²) in [5.41, 5.74) is 1.31. The van der Waals surface area contributed by atoms with Crippen molar-refractivity contribution in [3.63, 3.8) is 0 Å². The molecule has 0 amide bonds. The summed E-state index contributed by atoms with van der Waals surface area (Å²) in [4.78, 5) is 0. The zero-order valence-electron chi connectivity index (χ0n) is 20.5. The summed E-state index contributed by atoms with van der Waals surface area (Å²) in [7, 11) is 0. The Balaban J connectivity index is 1.31. The van der Waals surface area contributed by atoms with E-state index in [9.17, 15) is 14.6 Å². The monoisotopic (exact) mass is 490 g/mol. The van der Waals surface area contributed by atoms with Gasteiger partial charge in [-0.3, -0.25) is 0 Å². The number of aliphatic hydroxyl groups excluding tert-OH is 1. The molecule has 0 heterocycles. The number of phenols is 1. The maximum absolute atomic E-state index is 15.1. The smallest absolute Gasteiger partial charge is 0.162 e. The summed E-state index contributed by atoms with van der Waals surface area (Å²) in [5.74, 6) is -1.82. The predicted octanol–water partition coefficient (Wildman–Crippen LogP) is 7.49. The molecule has 0 radical (unpaired) electrons. The van der Waals surface area contributed by atoms with Crippen LogP contribution in [0.2, 0.25) is 0 Å². The van der Waals surface area contributed by atoms with Gasteiger partial charge in [-0.1, -0.05) is 31.5 Å². The fourth-order valence-corrected chi connectivity index (χ4v) is 5.96. The minimum absolute atomic E-state index is 0.00746. The van der Waals surface area contributed by atoms with E-state index in [0.717, 1.165) is 44.6 Å². The number of ether oxygens (including phenoxy) is 1. The van der Waals surface area contributed by atoms with Crippen LogP contribution in [0.4, 0.5) is 13.2 Å². The second-order valence-corrected chi connectivity index (χ2v) is 10.4. The van der Waals surface area contributed by atoms with Gasteiger partial charge in [0.2, 0.25) is 0 Å². The number of hydrogen-bond donors (Lipinski definition) is 2. The average Bonchev–Trinajstić information content (AvgIpc) is 2.86. The molecule has 2 aromatic rings. The van der Waals surface area contributed by atoms with E-state index in [4.69, 9.17) is 4.74 Å². The van der Waals surface area contributed by atoms with Gasteiger partial charge in [-0.15, -0.1) is 0 Å². The number of aromatic hydroxyl groups is 1. The third kappa shape index (κ3) is 6.21. The molecule has 2 aliphatic carbocycles. The normalized spacial score (nSPS) is 26.0. The first-order valence-corrected chi connectivity index (χ1v) is 13.1. The Morgan fingerprint density at radius 2 is 1.43 bits per heavy atom. The third-order valence-electron chi connectivity index (χ3n) is 8.11. The minimum Gasteiger partial charge on any atom is -0.508 e. The van der Waals surface area contributed by atoms with Crippen LogP contribution in [0.1, 0.15) is 99.7 Å². The Bertz CT molecular complexity index is 979. The van der Waals surface area contributed by atoms with Crippen molar-refractivity contribution in [2.24, 2.45) is 5.92 Å². The molecule has 1 atom stereocenters. The lowest BCUT2D eigenvalue weighted by molar-refractivity contribution is 0.0118. The van der Waals surface area contributed by atoms with Gasteiger partial charge in [0, 0.05) is 11.6 Å². The van der Waals surface area contributed by atoms with Crippen molar-refractivity contribution in [1.29, 1.82) is 0 Å². The molecule has 4 rings (SSSR count). The third-order valence-corrected chi connectivity index (χ3v) is 8.11. The molecule has 1 unspecified atom stereocenters. The van der Waals surface area contributed by atoms with Gasteiger partial charge >= 0.3 is 0 Å².